The first kappa shape index (κ1) is 14.0. The molecule has 0 aliphatic heterocycles. The zero-order chi connectivity index (χ0) is 13.2. The van der Waals surface area contributed by atoms with Crippen LogP contribution in [-0.4, -0.2) is 17.8 Å². The van der Waals surface area contributed by atoms with E-state index in [9.17, 15) is 5.11 Å². The van der Waals surface area contributed by atoms with Crippen LogP contribution in [0.1, 0.15) is 61.0 Å². The van der Waals surface area contributed by atoms with Gasteiger partial charge in [0.2, 0.25) is 0 Å². The lowest BCUT2D eigenvalue weighted by molar-refractivity contribution is 0.00309. The molecule has 1 unspecified atom stereocenters. The van der Waals surface area contributed by atoms with Crippen LogP contribution in [-0.2, 0) is 17.6 Å². The molecular formula is C15H24O2S. The molecule has 18 heavy (non-hydrogen) atoms. The van der Waals surface area contributed by atoms with E-state index in [1.54, 1.807) is 7.11 Å². The SMILES string of the molecule is COC(C)(C)CCC(O)c1cc2c(s1)CCCC2. The fourth-order valence-corrected chi connectivity index (χ4v) is 3.68. The highest BCUT2D eigenvalue weighted by Gasteiger charge is 2.21. The Hall–Kier alpha value is -0.380. The smallest absolute Gasteiger partial charge is 0.0883 e. The van der Waals surface area contributed by atoms with Gasteiger partial charge in [0.15, 0.2) is 0 Å². The number of aryl methyl sites for hydroxylation is 2. The molecule has 0 radical (unpaired) electrons. The second-order valence-electron chi connectivity index (χ2n) is 5.82. The van der Waals surface area contributed by atoms with Crippen LogP contribution in [0.4, 0.5) is 0 Å². The number of rotatable bonds is 5. The van der Waals surface area contributed by atoms with Gasteiger partial charge < -0.3 is 9.84 Å². The molecule has 0 spiro atoms. The van der Waals surface area contributed by atoms with Gasteiger partial charge in [0.1, 0.15) is 0 Å². The van der Waals surface area contributed by atoms with Gasteiger partial charge in [0, 0.05) is 16.9 Å². The van der Waals surface area contributed by atoms with Gasteiger partial charge in [0.05, 0.1) is 11.7 Å². The van der Waals surface area contributed by atoms with Crippen molar-refractivity contribution in [1.82, 2.24) is 0 Å². The summed E-state index contributed by atoms with van der Waals surface area (Å²) in [4.78, 5) is 2.65. The summed E-state index contributed by atoms with van der Waals surface area (Å²) in [6, 6.07) is 2.23. The molecule has 102 valence electrons. The molecule has 0 bridgehead atoms. The highest BCUT2D eigenvalue weighted by molar-refractivity contribution is 7.12. The van der Waals surface area contributed by atoms with E-state index in [4.69, 9.17) is 4.74 Å². The summed E-state index contributed by atoms with van der Waals surface area (Å²) in [5, 5.41) is 10.3. The molecule has 3 heteroatoms. The number of hydrogen-bond acceptors (Lipinski definition) is 3. The summed E-state index contributed by atoms with van der Waals surface area (Å²) in [6.45, 7) is 4.14. The molecule has 1 aromatic rings. The Balaban J connectivity index is 1.96. The largest absolute Gasteiger partial charge is 0.388 e. The van der Waals surface area contributed by atoms with E-state index >= 15 is 0 Å². The second-order valence-corrected chi connectivity index (χ2v) is 6.99. The number of ether oxygens (including phenoxy) is 1. The van der Waals surface area contributed by atoms with E-state index in [0.717, 1.165) is 17.7 Å². The molecule has 1 N–H and O–H groups in total. The first-order valence-electron chi connectivity index (χ1n) is 6.86. The maximum atomic E-state index is 10.3. The van der Waals surface area contributed by atoms with Gasteiger partial charge in [-0.15, -0.1) is 11.3 Å². The van der Waals surface area contributed by atoms with Crippen LogP contribution in [0.5, 0.6) is 0 Å². The lowest BCUT2D eigenvalue weighted by Crippen LogP contribution is -2.22. The van der Waals surface area contributed by atoms with E-state index < -0.39 is 0 Å². The van der Waals surface area contributed by atoms with Gasteiger partial charge in [-0.25, -0.2) is 0 Å². The average molecular weight is 268 g/mol. The lowest BCUT2D eigenvalue weighted by Gasteiger charge is -2.23. The van der Waals surface area contributed by atoms with E-state index in [2.05, 4.69) is 19.9 Å². The molecule has 2 rings (SSSR count). The van der Waals surface area contributed by atoms with Gasteiger partial charge >= 0.3 is 0 Å². The van der Waals surface area contributed by atoms with Gasteiger partial charge in [-0.1, -0.05) is 0 Å². The molecule has 0 saturated carbocycles. The number of aliphatic hydroxyl groups excluding tert-OH is 1. The van der Waals surface area contributed by atoms with Gasteiger partial charge in [-0.2, -0.15) is 0 Å². The molecular weight excluding hydrogens is 244 g/mol. The number of aliphatic hydroxyl groups is 1. The number of hydrogen-bond donors (Lipinski definition) is 1. The number of methoxy groups -OCH3 is 1. The van der Waals surface area contributed by atoms with Crippen LogP contribution in [0.2, 0.25) is 0 Å². The third kappa shape index (κ3) is 3.34. The minimum atomic E-state index is -0.324. The Bertz CT molecular complexity index is 372. The zero-order valence-electron chi connectivity index (χ0n) is 11.7. The van der Waals surface area contributed by atoms with Crippen molar-refractivity contribution in [2.24, 2.45) is 0 Å². The average Bonchev–Trinajstić information content (AvgIpc) is 2.80. The van der Waals surface area contributed by atoms with E-state index in [0.29, 0.717) is 0 Å². The van der Waals surface area contributed by atoms with Crippen LogP contribution >= 0.6 is 11.3 Å². The molecule has 0 aromatic carbocycles. The summed E-state index contributed by atoms with van der Waals surface area (Å²) in [7, 11) is 1.73. The van der Waals surface area contributed by atoms with Crippen molar-refractivity contribution in [1.29, 1.82) is 0 Å². The zero-order valence-corrected chi connectivity index (χ0v) is 12.5. The Labute approximate surface area is 114 Å². The fourth-order valence-electron chi connectivity index (χ4n) is 2.41. The lowest BCUT2D eigenvalue weighted by atomic mass is 9.97. The van der Waals surface area contributed by atoms with Crippen molar-refractivity contribution < 1.29 is 9.84 Å². The van der Waals surface area contributed by atoms with Crippen molar-refractivity contribution in [3.8, 4) is 0 Å². The Kier molecular flexibility index (Phi) is 4.46. The molecule has 1 heterocycles. The van der Waals surface area contributed by atoms with Gasteiger partial charge in [0.25, 0.3) is 0 Å². The molecule has 0 fully saturated rings. The van der Waals surface area contributed by atoms with Crippen LogP contribution in [0, 0.1) is 0 Å². The molecule has 0 saturated heterocycles. The number of thiophene rings is 1. The molecule has 0 amide bonds. The van der Waals surface area contributed by atoms with Crippen molar-refractivity contribution in [2.75, 3.05) is 7.11 Å². The van der Waals surface area contributed by atoms with Crippen LogP contribution in [0.15, 0.2) is 6.07 Å². The van der Waals surface area contributed by atoms with Crippen LogP contribution in [0.3, 0.4) is 0 Å². The quantitative estimate of drug-likeness (QED) is 0.878. The minimum Gasteiger partial charge on any atom is -0.388 e. The molecule has 1 aliphatic carbocycles. The first-order valence-corrected chi connectivity index (χ1v) is 7.68. The predicted molar refractivity (Wildman–Crippen MR) is 76.2 cm³/mol. The van der Waals surface area contributed by atoms with Gasteiger partial charge in [-0.3, -0.25) is 0 Å². The highest BCUT2D eigenvalue weighted by atomic mass is 32.1. The van der Waals surface area contributed by atoms with E-state index in [1.807, 2.05) is 11.3 Å². The fraction of sp³-hybridized carbons (Fsp3) is 0.733. The molecule has 1 atom stereocenters. The topological polar surface area (TPSA) is 29.5 Å². The van der Waals surface area contributed by atoms with Gasteiger partial charge in [-0.05, 0) is 64.0 Å². The van der Waals surface area contributed by atoms with Crippen molar-refractivity contribution >= 4 is 11.3 Å². The summed E-state index contributed by atoms with van der Waals surface area (Å²) < 4.78 is 5.40. The Morgan fingerprint density at radius 2 is 2.11 bits per heavy atom. The molecule has 1 aliphatic rings. The maximum absolute atomic E-state index is 10.3. The second kappa shape index (κ2) is 5.72. The maximum Gasteiger partial charge on any atom is 0.0883 e. The highest BCUT2D eigenvalue weighted by Crippen LogP contribution is 2.35. The standard InChI is InChI=1S/C15H24O2S/c1-15(2,17-3)9-8-12(16)14-10-11-6-4-5-7-13(11)18-14/h10,12,16H,4-9H2,1-3H3. The summed E-state index contributed by atoms with van der Waals surface area (Å²) in [6.07, 6.45) is 6.34. The molecule has 1 aromatic heterocycles. The predicted octanol–water partition coefficient (Wildman–Crippen LogP) is 3.87. The third-order valence-corrected chi connectivity index (χ3v) is 5.25. The minimum absolute atomic E-state index is 0.141. The number of fused-ring (bicyclic) bond motifs is 1. The normalized spacial score (nSPS) is 17.6. The van der Waals surface area contributed by atoms with Crippen molar-refractivity contribution in [3.05, 3.63) is 21.4 Å². The first-order chi connectivity index (χ1) is 8.52. The van der Waals surface area contributed by atoms with E-state index in [-0.39, 0.29) is 11.7 Å². The monoisotopic (exact) mass is 268 g/mol. The summed E-state index contributed by atoms with van der Waals surface area (Å²) in [5.41, 5.74) is 1.34. The Morgan fingerprint density at radius 1 is 1.39 bits per heavy atom. The molecule has 2 nitrogen and oxygen atoms in total. The van der Waals surface area contributed by atoms with Crippen LogP contribution < -0.4 is 0 Å². The summed E-state index contributed by atoms with van der Waals surface area (Å²) >= 11 is 1.81. The van der Waals surface area contributed by atoms with Crippen molar-refractivity contribution in [2.45, 2.75) is 64.1 Å². The van der Waals surface area contributed by atoms with Crippen LogP contribution in [0.25, 0.3) is 0 Å². The summed E-state index contributed by atoms with van der Waals surface area (Å²) in [5.74, 6) is 0. The van der Waals surface area contributed by atoms with E-state index in [1.165, 1.54) is 36.1 Å². The van der Waals surface area contributed by atoms with Crippen molar-refractivity contribution in [3.63, 3.8) is 0 Å². The third-order valence-electron chi connectivity index (χ3n) is 3.92. The Morgan fingerprint density at radius 3 is 2.78 bits per heavy atom.